The summed E-state index contributed by atoms with van der Waals surface area (Å²) >= 11 is 0. The van der Waals surface area contributed by atoms with Gasteiger partial charge >= 0.3 is 5.97 Å². The van der Waals surface area contributed by atoms with Gasteiger partial charge in [0.25, 0.3) is 0 Å². The number of nitrogens with two attached hydrogens (primary N) is 1. The Morgan fingerprint density at radius 1 is 1.62 bits per heavy atom. The first-order valence-corrected chi connectivity index (χ1v) is 4.60. The third-order valence-electron chi connectivity index (χ3n) is 2.12. The molecule has 2 heterocycles. The van der Waals surface area contributed by atoms with Crippen molar-refractivity contribution in [1.29, 1.82) is 0 Å². The molecule has 3 N–H and O–H groups in total. The van der Waals surface area contributed by atoms with E-state index in [0.29, 0.717) is 18.0 Å². The molecule has 0 aliphatic carbocycles. The summed E-state index contributed by atoms with van der Waals surface area (Å²) in [5, 5.41) is 16.1. The normalized spacial score (nSPS) is 10.6. The number of furan rings is 1. The second-order valence-corrected chi connectivity index (χ2v) is 3.13. The Balaban J connectivity index is 2.31. The summed E-state index contributed by atoms with van der Waals surface area (Å²) in [6, 6.07) is 3.51. The number of carboxylic acid groups (broad SMARTS) is 1. The number of carbonyl (C=O) groups is 1. The topological polar surface area (TPSA) is 107 Å². The van der Waals surface area contributed by atoms with Crippen molar-refractivity contribution >= 4 is 5.97 Å². The summed E-state index contributed by atoms with van der Waals surface area (Å²) in [6.07, 6.45) is 1.53. The van der Waals surface area contributed by atoms with Gasteiger partial charge in [-0.25, -0.2) is 9.48 Å². The Morgan fingerprint density at radius 2 is 2.44 bits per heavy atom. The smallest absolute Gasteiger partial charge is 0.358 e. The fraction of sp³-hybridized carbons (Fsp3) is 0.222. The van der Waals surface area contributed by atoms with Gasteiger partial charge in [-0.3, -0.25) is 0 Å². The zero-order valence-electron chi connectivity index (χ0n) is 8.33. The first kappa shape index (κ1) is 10.4. The highest BCUT2D eigenvalue weighted by molar-refractivity contribution is 5.86. The fourth-order valence-corrected chi connectivity index (χ4v) is 1.38. The second-order valence-electron chi connectivity index (χ2n) is 3.13. The summed E-state index contributed by atoms with van der Waals surface area (Å²) in [5.41, 5.74) is 5.73. The van der Waals surface area contributed by atoms with Crippen molar-refractivity contribution in [3.8, 4) is 0 Å². The lowest BCUT2D eigenvalue weighted by Gasteiger charge is -2.02. The number of nitrogens with zero attached hydrogens (tertiary/aromatic N) is 3. The average molecular weight is 222 g/mol. The standard InChI is InChI=1S/C9H10N4O3/c10-4-7-8(9(14)15)11-12-13(7)5-6-2-1-3-16-6/h1-3H,4-5,10H2,(H,14,15). The molecule has 0 saturated carbocycles. The molecule has 0 bridgehead atoms. The molecule has 0 atom stereocenters. The van der Waals surface area contributed by atoms with Gasteiger partial charge in [0.15, 0.2) is 5.69 Å². The third-order valence-corrected chi connectivity index (χ3v) is 2.12. The predicted octanol–water partition coefficient (Wildman–Crippen LogP) is 0.0763. The lowest BCUT2D eigenvalue weighted by atomic mass is 10.3. The Kier molecular flexibility index (Phi) is 2.69. The van der Waals surface area contributed by atoms with Gasteiger partial charge in [0.1, 0.15) is 12.3 Å². The van der Waals surface area contributed by atoms with Crippen LogP contribution in [0.15, 0.2) is 22.8 Å². The number of hydrogen-bond donors (Lipinski definition) is 2. The molecular formula is C9H10N4O3. The number of rotatable bonds is 4. The molecule has 0 aliphatic heterocycles. The van der Waals surface area contributed by atoms with Gasteiger partial charge in [-0.05, 0) is 12.1 Å². The zero-order valence-corrected chi connectivity index (χ0v) is 8.33. The quantitative estimate of drug-likeness (QED) is 0.758. The lowest BCUT2D eigenvalue weighted by molar-refractivity contribution is 0.0689. The van der Waals surface area contributed by atoms with Gasteiger partial charge in [0.2, 0.25) is 0 Å². The van der Waals surface area contributed by atoms with E-state index in [1.807, 2.05) is 0 Å². The molecule has 0 aliphatic rings. The maximum atomic E-state index is 10.8. The van der Waals surface area contributed by atoms with E-state index in [0.717, 1.165) is 0 Å². The van der Waals surface area contributed by atoms with Gasteiger partial charge in [-0.2, -0.15) is 0 Å². The van der Waals surface area contributed by atoms with E-state index in [4.69, 9.17) is 15.3 Å². The van der Waals surface area contributed by atoms with Crippen molar-refractivity contribution in [3.05, 3.63) is 35.5 Å². The van der Waals surface area contributed by atoms with Crippen molar-refractivity contribution < 1.29 is 14.3 Å². The molecule has 0 fully saturated rings. The number of hydrogen-bond acceptors (Lipinski definition) is 5. The molecule has 0 unspecified atom stereocenters. The van der Waals surface area contributed by atoms with Gasteiger partial charge in [0, 0.05) is 6.54 Å². The van der Waals surface area contributed by atoms with Crippen molar-refractivity contribution in [2.45, 2.75) is 13.1 Å². The maximum Gasteiger partial charge on any atom is 0.358 e. The summed E-state index contributed by atoms with van der Waals surface area (Å²) in [6.45, 7) is 0.384. The molecule has 0 amide bonds. The molecule has 0 aromatic carbocycles. The van der Waals surface area contributed by atoms with Gasteiger partial charge < -0.3 is 15.3 Å². The first-order valence-electron chi connectivity index (χ1n) is 4.60. The Morgan fingerprint density at radius 3 is 3.00 bits per heavy atom. The lowest BCUT2D eigenvalue weighted by Crippen LogP contribution is -2.12. The van der Waals surface area contributed by atoms with Gasteiger partial charge in [0.05, 0.1) is 12.0 Å². The summed E-state index contributed by atoms with van der Waals surface area (Å²) < 4.78 is 6.55. The SMILES string of the molecule is NCc1c(C(=O)O)nnn1Cc1ccco1. The minimum atomic E-state index is -1.13. The molecular weight excluding hydrogens is 212 g/mol. The van der Waals surface area contributed by atoms with Crippen LogP contribution in [-0.4, -0.2) is 26.1 Å². The van der Waals surface area contributed by atoms with Crippen LogP contribution in [0.5, 0.6) is 0 Å². The molecule has 7 nitrogen and oxygen atoms in total. The van der Waals surface area contributed by atoms with E-state index in [2.05, 4.69) is 10.3 Å². The van der Waals surface area contributed by atoms with E-state index in [1.54, 1.807) is 12.1 Å². The van der Waals surface area contributed by atoms with E-state index < -0.39 is 5.97 Å². The Hall–Kier alpha value is -2.15. The van der Waals surface area contributed by atoms with Crippen LogP contribution in [0.4, 0.5) is 0 Å². The predicted molar refractivity (Wildman–Crippen MR) is 52.7 cm³/mol. The zero-order chi connectivity index (χ0) is 11.5. The van der Waals surface area contributed by atoms with Crippen LogP contribution < -0.4 is 5.73 Å². The molecule has 2 aromatic heterocycles. The molecule has 0 radical (unpaired) electrons. The number of carboxylic acids is 1. The average Bonchev–Trinajstić information content (AvgIpc) is 2.87. The van der Waals surface area contributed by atoms with Crippen LogP contribution >= 0.6 is 0 Å². The molecule has 2 rings (SSSR count). The fourth-order valence-electron chi connectivity index (χ4n) is 1.38. The minimum absolute atomic E-state index is 0.0648. The van der Waals surface area contributed by atoms with Crippen LogP contribution in [0.25, 0.3) is 0 Å². The molecule has 2 aromatic rings. The molecule has 84 valence electrons. The highest BCUT2D eigenvalue weighted by Gasteiger charge is 2.17. The van der Waals surface area contributed by atoms with Crippen molar-refractivity contribution in [2.75, 3.05) is 0 Å². The molecule has 0 spiro atoms. The van der Waals surface area contributed by atoms with Crippen LogP contribution in [-0.2, 0) is 13.1 Å². The van der Waals surface area contributed by atoms with E-state index in [1.165, 1.54) is 10.9 Å². The van der Waals surface area contributed by atoms with Gasteiger partial charge in [-0.1, -0.05) is 5.21 Å². The molecule has 7 heteroatoms. The molecule has 0 saturated heterocycles. The largest absolute Gasteiger partial charge is 0.476 e. The van der Waals surface area contributed by atoms with Crippen LogP contribution in [0, 0.1) is 0 Å². The monoisotopic (exact) mass is 222 g/mol. The van der Waals surface area contributed by atoms with Crippen molar-refractivity contribution in [1.82, 2.24) is 15.0 Å². The summed E-state index contributed by atoms with van der Waals surface area (Å²) in [4.78, 5) is 10.8. The maximum absolute atomic E-state index is 10.8. The van der Waals surface area contributed by atoms with Crippen LogP contribution in [0.1, 0.15) is 21.9 Å². The highest BCUT2D eigenvalue weighted by atomic mass is 16.4. The second kappa shape index (κ2) is 4.15. The van der Waals surface area contributed by atoms with E-state index in [-0.39, 0.29) is 12.2 Å². The highest BCUT2D eigenvalue weighted by Crippen LogP contribution is 2.08. The van der Waals surface area contributed by atoms with E-state index in [9.17, 15) is 4.79 Å². The summed E-state index contributed by atoms with van der Waals surface area (Å²) in [5.74, 6) is -0.470. The third kappa shape index (κ3) is 1.80. The number of aromatic nitrogens is 3. The van der Waals surface area contributed by atoms with Crippen LogP contribution in [0.3, 0.4) is 0 Å². The Labute approximate surface area is 90.5 Å². The van der Waals surface area contributed by atoms with Crippen LogP contribution in [0.2, 0.25) is 0 Å². The minimum Gasteiger partial charge on any atom is -0.476 e. The van der Waals surface area contributed by atoms with E-state index >= 15 is 0 Å². The summed E-state index contributed by atoms with van der Waals surface area (Å²) in [7, 11) is 0. The van der Waals surface area contributed by atoms with Crippen molar-refractivity contribution in [3.63, 3.8) is 0 Å². The molecule has 16 heavy (non-hydrogen) atoms. The number of aromatic carboxylic acids is 1. The first-order chi connectivity index (χ1) is 7.72. The van der Waals surface area contributed by atoms with Gasteiger partial charge in [-0.15, -0.1) is 5.10 Å². The van der Waals surface area contributed by atoms with Crippen molar-refractivity contribution in [2.24, 2.45) is 5.73 Å². The Bertz CT molecular complexity index is 489.